The number of carbonyl (C=O) groups is 2. The predicted molar refractivity (Wildman–Crippen MR) is 79.4 cm³/mol. The monoisotopic (exact) mass is 301 g/mol. The van der Waals surface area contributed by atoms with Gasteiger partial charge in [-0.05, 0) is 32.8 Å². The highest BCUT2D eigenvalue weighted by atomic mass is 16.8. The molecule has 22 heavy (non-hydrogen) atoms. The number of para-hydroxylation sites is 1. The fraction of sp³-hybridized carbons (Fsp3) is 0.529. The van der Waals surface area contributed by atoms with Crippen molar-refractivity contribution in [2.75, 3.05) is 11.9 Å². The number of hydrogen-bond donors (Lipinski definition) is 0. The van der Waals surface area contributed by atoms with Gasteiger partial charge in [-0.1, -0.05) is 18.2 Å². The third kappa shape index (κ3) is 1.32. The second-order valence-corrected chi connectivity index (χ2v) is 6.64. The summed E-state index contributed by atoms with van der Waals surface area (Å²) in [5, 5.41) is 0. The smallest absolute Gasteiger partial charge is 0.267 e. The van der Waals surface area contributed by atoms with E-state index < -0.39 is 17.0 Å². The molecule has 5 nitrogen and oxygen atoms in total. The molecular weight excluding hydrogens is 282 g/mol. The summed E-state index contributed by atoms with van der Waals surface area (Å²) < 4.78 is 12.4. The quantitative estimate of drug-likeness (QED) is 0.797. The first kappa shape index (κ1) is 13.9. The molecule has 3 atom stereocenters. The minimum absolute atomic E-state index is 0.144. The van der Waals surface area contributed by atoms with Crippen molar-refractivity contribution in [2.45, 2.75) is 50.1 Å². The summed E-state index contributed by atoms with van der Waals surface area (Å²) in [4.78, 5) is 27.3. The molecule has 0 saturated carbocycles. The van der Waals surface area contributed by atoms with Gasteiger partial charge < -0.3 is 14.4 Å². The Hall–Kier alpha value is -1.72. The maximum absolute atomic E-state index is 13.1. The summed E-state index contributed by atoms with van der Waals surface area (Å²) in [5.74, 6) is -1.25. The lowest BCUT2D eigenvalue weighted by atomic mass is 9.73. The number of hydrogen-bond acceptors (Lipinski definition) is 4. The number of benzene rings is 1. The molecule has 0 unspecified atom stereocenters. The molecule has 1 aromatic rings. The first-order valence-electron chi connectivity index (χ1n) is 7.65. The van der Waals surface area contributed by atoms with Crippen LogP contribution in [0.25, 0.3) is 0 Å². The van der Waals surface area contributed by atoms with Gasteiger partial charge in [0.15, 0.2) is 17.2 Å². The van der Waals surface area contributed by atoms with Crippen molar-refractivity contribution in [3.8, 4) is 0 Å². The van der Waals surface area contributed by atoms with Gasteiger partial charge in [0, 0.05) is 19.0 Å². The molecule has 0 radical (unpaired) electrons. The topological polar surface area (TPSA) is 55.8 Å². The number of nitrogens with zero attached hydrogens (tertiary/aromatic N) is 1. The van der Waals surface area contributed by atoms with Gasteiger partial charge in [-0.3, -0.25) is 9.59 Å². The van der Waals surface area contributed by atoms with E-state index in [1.165, 1.54) is 6.92 Å². The third-order valence-electron chi connectivity index (χ3n) is 5.31. The van der Waals surface area contributed by atoms with Gasteiger partial charge in [0.2, 0.25) is 5.60 Å². The second kappa shape index (κ2) is 3.97. The molecule has 5 heteroatoms. The van der Waals surface area contributed by atoms with Crippen LogP contribution in [0.1, 0.15) is 38.7 Å². The van der Waals surface area contributed by atoms with E-state index in [0.29, 0.717) is 12.8 Å². The summed E-state index contributed by atoms with van der Waals surface area (Å²) >= 11 is 0. The van der Waals surface area contributed by atoms with Crippen molar-refractivity contribution >= 4 is 17.4 Å². The van der Waals surface area contributed by atoms with Gasteiger partial charge in [0.05, 0.1) is 5.69 Å². The average Bonchev–Trinajstić information content (AvgIpc) is 2.82. The van der Waals surface area contributed by atoms with Crippen LogP contribution in [0.15, 0.2) is 24.3 Å². The molecule has 3 aliphatic heterocycles. The third-order valence-corrected chi connectivity index (χ3v) is 5.31. The molecule has 1 spiro atoms. The Kier molecular flexibility index (Phi) is 2.51. The zero-order chi connectivity index (χ0) is 15.8. The van der Waals surface area contributed by atoms with Gasteiger partial charge in [0.1, 0.15) is 0 Å². The SMILES string of the molecule is CC(=O)[C@@]12CCC[C@@](C)(O1)O[C@]21C(=O)N(C)c2ccccc21. The average molecular weight is 301 g/mol. The zero-order valence-electron chi connectivity index (χ0n) is 13.0. The van der Waals surface area contributed by atoms with Crippen LogP contribution in [-0.4, -0.2) is 30.1 Å². The number of carbonyl (C=O) groups excluding carboxylic acids is 2. The molecule has 4 rings (SSSR count). The molecule has 0 aliphatic carbocycles. The Labute approximate surface area is 129 Å². The van der Waals surface area contributed by atoms with Crippen LogP contribution in [0, 0.1) is 0 Å². The van der Waals surface area contributed by atoms with Gasteiger partial charge in [-0.15, -0.1) is 0 Å². The van der Waals surface area contributed by atoms with Crippen molar-refractivity contribution in [3.05, 3.63) is 29.8 Å². The van der Waals surface area contributed by atoms with Gasteiger partial charge in [-0.2, -0.15) is 0 Å². The predicted octanol–water partition coefficient (Wildman–Crippen LogP) is 2.13. The van der Waals surface area contributed by atoms with Crippen molar-refractivity contribution in [1.29, 1.82) is 0 Å². The van der Waals surface area contributed by atoms with Crippen LogP contribution in [0.3, 0.4) is 0 Å². The lowest BCUT2D eigenvalue weighted by Crippen LogP contribution is -2.59. The number of amides is 1. The summed E-state index contributed by atoms with van der Waals surface area (Å²) in [7, 11) is 1.72. The van der Waals surface area contributed by atoms with E-state index in [1.54, 1.807) is 11.9 Å². The van der Waals surface area contributed by atoms with Crippen molar-refractivity contribution in [1.82, 2.24) is 0 Å². The Bertz CT molecular complexity index is 702. The van der Waals surface area contributed by atoms with E-state index in [0.717, 1.165) is 17.7 Å². The maximum Gasteiger partial charge on any atom is 0.267 e. The summed E-state index contributed by atoms with van der Waals surface area (Å²) in [6.07, 6.45) is 1.99. The number of ether oxygens (including phenoxy) is 2. The van der Waals surface area contributed by atoms with E-state index in [4.69, 9.17) is 9.47 Å². The molecule has 2 fully saturated rings. The number of fused-ring (bicyclic) bond motifs is 5. The summed E-state index contributed by atoms with van der Waals surface area (Å²) in [6.45, 7) is 3.32. The fourth-order valence-electron chi connectivity index (χ4n) is 4.36. The van der Waals surface area contributed by atoms with E-state index in [9.17, 15) is 9.59 Å². The summed E-state index contributed by atoms with van der Waals surface area (Å²) in [6, 6.07) is 7.50. The van der Waals surface area contributed by atoms with Gasteiger partial charge in [-0.25, -0.2) is 0 Å². The Balaban J connectivity index is 2.04. The molecule has 2 bridgehead atoms. The van der Waals surface area contributed by atoms with Gasteiger partial charge >= 0.3 is 0 Å². The van der Waals surface area contributed by atoms with Crippen LogP contribution >= 0.6 is 0 Å². The van der Waals surface area contributed by atoms with Crippen molar-refractivity contribution < 1.29 is 19.1 Å². The number of anilines is 1. The second-order valence-electron chi connectivity index (χ2n) is 6.64. The summed E-state index contributed by atoms with van der Waals surface area (Å²) in [5.41, 5.74) is -1.05. The van der Waals surface area contributed by atoms with Crippen LogP contribution in [0.2, 0.25) is 0 Å². The van der Waals surface area contributed by atoms with Crippen molar-refractivity contribution in [2.24, 2.45) is 0 Å². The van der Waals surface area contributed by atoms with E-state index in [1.807, 2.05) is 31.2 Å². The molecule has 1 aromatic carbocycles. The first-order valence-corrected chi connectivity index (χ1v) is 7.65. The largest absolute Gasteiger partial charge is 0.332 e. The maximum atomic E-state index is 13.1. The molecule has 1 amide bonds. The lowest BCUT2D eigenvalue weighted by Gasteiger charge is -2.38. The minimum Gasteiger partial charge on any atom is -0.332 e. The highest BCUT2D eigenvalue weighted by molar-refractivity contribution is 6.11. The van der Waals surface area contributed by atoms with Crippen LogP contribution < -0.4 is 4.90 Å². The standard InChI is InChI=1S/C17H19NO4/c1-11(19)16-10-6-9-15(2,21-16)22-17(16)12-7-4-5-8-13(12)18(3)14(17)20/h4-5,7-8H,6,9-10H2,1-3H3/t15-,16+,17+/m0/s1. The first-order chi connectivity index (χ1) is 10.4. The normalized spacial score (nSPS) is 39.4. The van der Waals surface area contributed by atoms with Crippen molar-refractivity contribution in [3.63, 3.8) is 0 Å². The number of Topliss-reactive ketones (excluding diaryl/α,β-unsaturated/α-hetero) is 1. The van der Waals surface area contributed by atoms with Crippen LogP contribution in [0.5, 0.6) is 0 Å². The van der Waals surface area contributed by atoms with Gasteiger partial charge in [0.25, 0.3) is 5.91 Å². The van der Waals surface area contributed by atoms with Crippen LogP contribution in [-0.2, 0) is 24.7 Å². The lowest BCUT2D eigenvalue weighted by molar-refractivity contribution is -0.204. The molecule has 0 aromatic heterocycles. The minimum atomic E-state index is -1.35. The molecule has 3 heterocycles. The Morgan fingerprint density at radius 3 is 2.68 bits per heavy atom. The number of likely N-dealkylation sites (N-methyl/N-ethyl adjacent to an activating group) is 1. The molecule has 2 saturated heterocycles. The van der Waals surface area contributed by atoms with E-state index in [-0.39, 0.29) is 11.7 Å². The molecule has 3 aliphatic rings. The fourth-order valence-corrected chi connectivity index (χ4v) is 4.36. The number of ketones is 1. The number of rotatable bonds is 1. The van der Waals surface area contributed by atoms with E-state index in [2.05, 4.69) is 0 Å². The highest BCUT2D eigenvalue weighted by Crippen LogP contribution is 2.62. The molecular formula is C17H19NO4. The molecule has 116 valence electrons. The van der Waals surface area contributed by atoms with Crippen LogP contribution in [0.4, 0.5) is 5.69 Å². The van der Waals surface area contributed by atoms with E-state index >= 15 is 0 Å². The highest BCUT2D eigenvalue weighted by Gasteiger charge is 2.76. The Morgan fingerprint density at radius 1 is 1.23 bits per heavy atom. The Morgan fingerprint density at radius 2 is 1.95 bits per heavy atom. The zero-order valence-corrected chi connectivity index (χ0v) is 13.0. The molecule has 0 N–H and O–H groups in total.